The number of alkyl carbamates (subject to hydrolysis) is 1. The Labute approximate surface area is 168 Å². The highest BCUT2D eigenvalue weighted by atomic mass is 16.5. The van der Waals surface area contributed by atoms with Crippen molar-refractivity contribution in [1.82, 2.24) is 15.3 Å². The van der Waals surface area contributed by atoms with Gasteiger partial charge in [0, 0.05) is 5.92 Å². The lowest BCUT2D eigenvalue weighted by Gasteiger charge is -2.16. The first kappa shape index (κ1) is 17.5. The minimum Gasteiger partial charge on any atom is -0.449 e. The number of aromatic nitrogens is 2. The molecule has 0 bridgehead atoms. The van der Waals surface area contributed by atoms with E-state index in [1.165, 1.54) is 22.3 Å². The molecular weight excluding hydrogens is 362 g/mol. The summed E-state index contributed by atoms with van der Waals surface area (Å²) in [7, 11) is 0. The maximum absolute atomic E-state index is 12.4. The number of nitrogens with one attached hydrogen (secondary N) is 2. The number of fused-ring (bicyclic) bond motifs is 4. The smallest absolute Gasteiger partial charge is 0.407 e. The Morgan fingerprint density at radius 2 is 1.62 bits per heavy atom. The SMILES string of the molecule is CC(NC(=O)OCC1c2ccccc2-c2ccccc21)c1nc2ccccc2[nH]1. The van der Waals surface area contributed by atoms with Crippen LogP contribution in [0.5, 0.6) is 0 Å². The van der Waals surface area contributed by atoms with Crippen LogP contribution in [0, 0.1) is 0 Å². The van der Waals surface area contributed by atoms with Gasteiger partial charge in [-0.05, 0) is 41.3 Å². The Hall–Kier alpha value is -3.60. The summed E-state index contributed by atoms with van der Waals surface area (Å²) in [5.41, 5.74) is 6.66. The summed E-state index contributed by atoms with van der Waals surface area (Å²) in [6.45, 7) is 2.19. The molecule has 144 valence electrons. The average molecular weight is 383 g/mol. The number of benzene rings is 3. The van der Waals surface area contributed by atoms with E-state index in [1.54, 1.807) is 0 Å². The molecule has 0 saturated carbocycles. The van der Waals surface area contributed by atoms with E-state index in [0.717, 1.165) is 11.0 Å². The molecule has 0 spiro atoms. The molecular formula is C24H21N3O2. The third-order valence-corrected chi connectivity index (χ3v) is 5.50. The quantitative estimate of drug-likeness (QED) is 0.511. The van der Waals surface area contributed by atoms with Crippen LogP contribution >= 0.6 is 0 Å². The highest BCUT2D eigenvalue weighted by Crippen LogP contribution is 2.44. The van der Waals surface area contributed by atoms with E-state index in [9.17, 15) is 4.79 Å². The zero-order chi connectivity index (χ0) is 19.8. The molecule has 1 heterocycles. The second-order valence-corrected chi connectivity index (χ2v) is 7.33. The van der Waals surface area contributed by atoms with Gasteiger partial charge in [0.05, 0.1) is 17.1 Å². The van der Waals surface area contributed by atoms with Crippen LogP contribution in [0.25, 0.3) is 22.2 Å². The van der Waals surface area contributed by atoms with Crippen molar-refractivity contribution >= 4 is 17.1 Å². The summed E-state index contributed by atoms with van der Waals surface area (Å²) < 4.78 is 5.61. The number of imidazole rings is 1. The second kappa shape index (κ2) is 7.09. The Bertz CT molecular complexity index is 1120. The highest BCUT2D eigenvalue weighted by Gasteiger charge is 2.29. The van der Waals surface area contributed by atoms with Crippen LogP contribution in [0.15, 0.2) is 72.8 Å². The van der Waals surface area contributed by atoms with Crippen molar-refractivity contribution in [1.29, 1.82) is 0 Å². The van der Waals surface area contributed by atoms with Gasteiger partial charge in [0.1, 0.15) is 12.4 Å². The topological polar surface area (TPSA) is 67.0 Å². The fourth-order valence-corrected chi connectivity index (χ4v) is 4.06. The van der Waals surface area contributed by atoms with Crippen molar-refractivity contribution < 1.29 is 9.53 Å². The van der Waals surface area contributed by atoms with E-state index < -0.39 is 6.09 Å². The predicted molar refractivity (Wildman–Crippen MR) is 113 cm³/mol. The molecule has 5 nitrogen and oxygen atoms in total. The van der Waals surface area contributed by atoms with E-state index in [4.69, 9.17) is 4.74 Å². The lowest BCUT2D eigenvalue weighted by molar-refractivity contribution is 0.139. The molecule has 1 unspecified atom stereocenters. The van der Waals surface area contributed by atoms with Gasteiger partial charge in [0.25, 0.3) is 0 Å². The minimum atomic E-state index is -0.445. The third kappa shape index (κ3) is 3.14. The number of ether oxygens (including phenoxy) is 1. The van der Waals surface area contributed by atoms with Crippen molar-refractivity contribution in [2.75, 3.05) is 6.61 Å². The van der Waals surface area contributed by atoms with Crippen molar-refractivity contribution in [2.24, 2.45) is 0 Å². The molecule has 1 aliphatic rings. The molecule has 1 aromatic heterocycles. The monoisotopic (exact) mass is 383 g/mol. The molecule has 3 aromatic carbocycles. The zero-order valence-electron chi connectivity index (χ0n) is 16.1. The van der Waals surface area contributed by atoms with Crippen molar-refractivity contribution in [3.8, 4) is 11.1 Å². The molecule has 29 heavy (non-hydrogen) atoms. The zero-order valence-corrected chi connectivity index (χ0v) is 16.1. The van der Waals surface area contributed by atoms with Crippen molar-refractivity contribution in [3.63, 3.8) is 0 Å². The lowest BCUT2D eigenvalue weighted by atomic mass is 9.98. The summed E-state index contributed by atoms with van der Waals surface area (Å²) in [5, 5.41) is 2.87. The number of carbonyl (C=O) groups excluding carboxylic acids is 1. The number of aromatic amines is 1. The first-order valence-electron chi connectivity index (χ1n) is 9.77. The largest absolute Gasteiger partial charge is 0.449 e. The Morgan fingerprint density at radius 1 is 1.00 bits per heavy atom. The maximum atomic E-state index is 12.4. The van der Waals surface area contributed by atoms with Gasteiger partial charge < -0.3 is 15.0 Å². The van der Waals surface area contributed by atoms with Gasteiger partial charge >= 0.3 is 6.09 Å². The fraction of sp³-hybridized carbons (Fsp3) is 0.167. The summed E-state index contributed by atoms with van der Waals surface area (Å²) in [5.74, 6) is 0.759. The molecule has 0 radical (unpaired) electrons. The molecule has 2 N–H and O–H groups in total. The molecule has 5 heteroatoms. The molecule has 1 aliphatic carbocycles. The third-order valence-electron chi connectivity index (χ3n) is 5.50. The minimum absolute atomic E-state index is 0.0506. The van der Waals surface area contributed by atoms with Gasteiger partial charge in [-0.15, -0.1) is 0 Å². The van der Waals surface area contributed by atoms with Gasteiger partial charge in [-0.3, -0.25) is 0 Å². The standard InChI is InChI=1S/C24H21N3O2/c1-15(23-26-21-12-6-7-13-22(21)27-23)25-24(28)29-14-20-18-10-4-2-8-16(18)17-9-3-5-11-19(17)20/h2-13,15,20H,14H2,1H3,(H,25,28)(H,26,27). The highest BCUT2D eigenvalue weighted by molar-refractivity contribution is 5.79. The van der Waals surface area contributed by atoms with E-state index in [1.807, 2.05) is 55.5 Å². The molecule has 0 aliphatic heterocycles. The number of rotatable bonds is 4. The lowest BCUT2D eigenvalue weighted by Crippen LogP contribution is -2.29. The van der Waals surface area contributed by atoms with E-state index in [-0.39, 0.29) is 12.0 Å². The van der Waals surface area contributed by atoms with Crippen LogP contribution in [0.2, 0.25) is 0 Å². The van der Waals surface area contributed by atoms with Crippen LogP contribution in [0.1, 0.15) is 35.8 Å². The molecule has 5 rings (SSSR count). The Morgan fingerprint density at radius 3 is 2.31 bits per heavy atom. The molecule has 0 saturated heterocycles. The molecule has 4 aromatic rings. The van der Waals surface area contributed by atoms with Crippen LogP contribution in [-0.2, 0) is 4.74 Å². The average Bonchev–Trinajstić information content (AvgIpc) is 3.32. The van der Waals surface area contributed by atoms with Crippen LogP contribution in [0.4, 0.5) is 4.79 Å². The van der Waals surface area contributed by atoms with Gasteiger partial charge in [-0.25, -0.2) is 9.78 Å². The first-order valence-corrected chi connectivity index (χ1v) is 9.77. The predicted octanol–water partition coefficient (Wildman–Crippen LogP) is 5.16. The summed E-state index contributed by atoms with van der Waals surface area (Å²) in [6.07, 6.45) is -0.445. The summed E-state index contributed by atoms with van der Waals surface area (Å²) in [4.78, 5) is 20.2. The summed E-state index contributed by atoms with van der Waals surface area (Å²) in [6, 6.07) is 24.1. The Balaban J connectivity index is 1.28. The molecule has 1 amide bonds. The summed E-state index contributed by atoms with van der Waals surface area (Å²) >= 11 is 0. The van der Waals surface area contributed by atoms with Crippen molar-refractivity contribution in [2.45, 2.75) is 18.9 Å². The molecule has 1 atom stereocenters. The normalized spacial score (nSPS) is 13.7. The number of nitrogens with zero attached hydrogens (tertiary/aromatic N) is 1. The van der Waals surface area contributed by atoms with Gasteiger partial charge in [-0.1, -0.05) is 60.7 Å². The number of para-hydroxylation sites is 2. The maximum Gasteiger partial charge on any atom is 0.407 e. The fourth-order valence-electron chi connectivity index (χ4n) is 4.06. The van der Waals surface area contributed by atoms with Crippen LogP contribution < -0.4 is 5.32 Å². The van der Waals surface area contributed by atoms with E-state index >= 15 is 0 Å². The number of carbonyl (C=O) groups is 1. The number of hydrogen-bond acceptors (Lipinski definition) is 3. The van der Waals surface area contributed by atoms with Crippen LogP contribution in [-0.4, -0.2) is 22.7 Å². The van der Waals surface area contributed by atoms with E-state index in [0.29, 0.717) is 12.4 Å². The van der Waals surface area contributed by atoms with Gasteiger partial charge in [0.2, 0.25) is 0 Å². The van der Waals surface area contributed by atoms with Gasteiger partial charge in [0.15, 0.2) is 0 Å². The second-order valence-electron chi connectivity index (χ2n) is 7.33. The van der Waals surface area contributed by atoms with Crippen molar-refractivity contribution in [3.05, 3.63) is 89.7 Å². The van der Waals surface area contributed by atoms with Gasteiger partial charge in [-0.2, -0.15) is 0 Å². The van der Waals surface area contributed by atoms with Crippen LogP contribution in [0.3, 0.4) is 0 Å². The Kier molecular flexibility index (Phi) is 4.28. The first-order chi connectivity index (χ1) is 14.2. The number of H-pyrrole nitrogens is 1. The molecule has 0 fully saturated rings. The number of hydrogen-bond donors (Lipinski definition) is 2. The van der Waals surface area contributed by atoms with E-state index in [2.05, 4.69) is 39.6 Å². The number of amides is 1.